The van der Waals surface area contributed by atoms with Crippen LogP contribution in [0, 0.1) is 17.0 Å². The molecule has 1 aliphatic heterocycles. The van der Waals surface area contributed by atoms with Crippen molar-refractivity contribution in [3.05, 3.63) is 100 Å². The first-order chi connectivity index (χ1) is 19.3. The molecule has 1 amide bonds. The lowest BCUT2D eigenvalue weighted by Gasteiger charge is -2.36. The van der Waals surface area contributed by atoms with Crippen LogP contribution in [-0.4, -0.2) is 72.5 Å². The van der Waals surface area contributed by atoms with Crippen LogP contribution < -0.4 is 15.5 Å². The van der Waals surface area contributed by atoms with E-state index in [0.29, 0.717) is 12.2 Å². The summed E-state index contributed by atoms with van der Waals surface area (Å²) in [6.07, 6.45) is 2.85. The van der Waals surface area contributed by atoms with E-state index in [-0.39, 0.29) is 18.1 Å². The largest absolute Gasteiger partial charge is 0.390 e. The maximum absolute atomic E-state index is 12.8. The fourth-order valence-corrected chi connectivity index (χ4v) is 4.90. The first-order valence-corrected chi connectivity index (χ1v) is 14.4. The number of carbonyl (C=O) groups excluding carboxylic acids is 1. The van der Waals surface area contributed by atoms with Gasteiger partial charge in [-0.1, -0.05) is 29.8 Å². The third-order valence-corrected chi connectivity index (χ3v) is 7.53. The lowest BCUT2D eigenvalue weighted by Crippen LogP contribution is -2.50. The summed E-state index contributed by atoms with van der Waals surface area (Å²) < 4.78 is 0. The second kappa shape index (κ2) is 14.0. The second-order valence-corrected chi connectivity index (χ2v) is 10.6. The lowest BCUT2D eigenvalue weighted by molar-refractivity contribution is -0.384. The first kappa shape index (κ1) is 29.1. The number of β-amino-alcohol motifs (C(OH)–C–C–N with tert-alkyl or cyclic N) is 1. The number of thioether (sulfide) groups is 1. The molecule has 1 fully saturated rings. The van der Waals surface area contributed by atoms with Crippen molar-refractivity contribution in [1.82, 2.24) is 10.2 Å². The number of piperazine rings is 1. The summed E-state index contributed by atoms with van der Waals surface area (Å²) in [7, 11) is 0. The molecule has 0 aliphatic carbocycles. The van der Waals surface area contributed by atoms with E-state index < -0.39 is 11.0 Å². The van der Waals surface area contributed by atoms with Crippen molar-refractivity contribution in [3.8, 4) is 0 Å². The normalized spacial score (nSPS) is 15.0. The Hall–Kier alpha value is -3.86. The highest BCUT2D eigenvalue weighted by atomic mass is 32.2. The van der Waals surface area contributed by atoms with E-state index in [0.717, 1.165) is 53.6 Å². The number of aliphatic hydroxyl groups is 1. The molecule has 1 heterocycles. The summed E-state index contributed by atoms with van der Waals surface area (Å²) in [5.74, 6) is -0.286. The molecule has 1 aliphatic rings. The summed E-state index contributed by atoms with van der Waals surface area (Å²) in [6, 6.07) is 22.6. The molecular weight excluding hydrogens is 526 g/mol. The van der Waals surface area contributed by atoms with E-state index in [2.05, 4.69) is 20.4 Å². The number of amides is 1. The van der Waals surface area contributed by atoms with E-state index in [9.17, 15) is 20.0 Å². The number of nitro groups is 1. The van der Waals surface area contributed by atoms with Crippen LogP contribution in [-0.2, 0) is 4.79 Å². The van der Waals surface area contributed by atoms with Crippen LogP contribution in [0.1, 0.15) is 11.1 Å². The summed E-state index contributed by atoms with van der Waals surface area (Å²) in [6.45, 7) is 5.61. The summed E-state index contributed by atoms with van der Waals surface area (Å²) >= 11 is 1.67. The van der Waals surface area contributed by atoms with E-state index in [4.69, 9.17) is 0 Å². The van der Waals surface area contributed by atoms with Crippen molar-refractivity contribution in [2.45, 2.75) is 17.9 Å². The lowest BCUT2D eigenvalue weighted by atomic mass is 10.1. The summed E-state index contributed by atoms with van der Waals surface area (Å²) in [5, 5.41) is 27.7. The monoisotopic (exact) mass is 561 g/mol. The smallest absolute Gasteiger partial charge is 0.269 e. The predicted octanol–water partition coefficient (Wildman–Crippen LogP) is 4.38. The molecule has 1 atom stereocenters. The Bertz CT molecular complexity index is 1310. The van der Waals surface area contributed by atoms with Gasteiger partial charge in [-0.15, -0.1) is 11.8 Å². The van der Waals surface area contributed by atoms with Crippen molar-refractivity contribution >= 4 is 40.4 Å². The molecular formula is C30H35N5O4S. The molecule has 1 saturated heterocycles. The van der Waals surface area contributed by atoms with Crippen LogP contribution in [0.4, 0.5) is 17.1 Å². The predicted molar refractivity (Wildman–Crippen MR) is 162 cm³/mol. The minimum atomic E-state index is -0.710. The SMILES string of the molecule is CSc1ccc(N/C(=C\C(=O)NCC(O)CN2CCN(c3ccc([N+](=O)[O-])cc3)CC2)c2ccc(C)cc2)cc1. The van der Waals surface area contributed by atoms with Gasteiger partial charge in [0.25, 0.3) is 5.69 Å². The van der Waals surface area contributed by atoms with E-state index in [1.54, 1.807) is 23.9 Å². The van der Waals surface area contributed by atoms with Crippen molar-refractivity contribution in [1.29, 1.82) is 0 Å². The highest BCUT2D eigenvalue weighted by Gasteiger charge is 2.20. The highest BCUT2D eigenvalue weighted by molar-refractivity contribution is 7.98. The van der Waals surface area contributed by atoms with Crippen LogP contribution in [0.5, 0.6) is 0 Å². The van der Waals surface area contributed by atoms with Gasteiger partial charge in [0.2, 0.25) is 5.91 Å². The van der Waals surface area contributed by atoms with Gasteiger partial charge in [0.1, 0.15) is 0 Å². The molecule has 0 aromatic heterocycles. The number of carbonyl (C=O) groups is 1. The highest BCUT2D eigenvalue weighted by Crippen LogP contribution is 2.23. The van der Waals surface area contributed by atoms with Crippen LogP contribution in [0.25, 0.3) is 5.70 Å². The minimum Gasteiger partial charge on any atom is -0.390 e. The zero-order valence-electron chi connectivity index (χ0n) is 22.7. The molecule has 40 heavy (non-hydrogen) atoms. The molecule has 0 radical (unpaired) electrons. The third kappa shape index (κ3) is 8.32. The van der Waals surface area contributed by atoms with Crippen molar-refractivity contribution in [2.24, 2.45) is 0 Å². The van der Waals surface area contributed by atoms with Crippen molar-refractivity contribution in [2.75, 3.05) is 55.7 Å². The van der Waals surface area contributed by atoms with Gasteiger partial charge < -0.3 is 20.6 Å². The second-order valence-electron chi connectivity index (χ2n) is 9.74. The average Bonchev–Trinajstić information content (AvgIpc) is 2.97. The number of hydrogen-bond donors (Lipinski definition) is 3. The van der Waals surface area contributed by atoms with Gasteiger partial charge in [-0.2, -0.15) is 0 Å². The molecule has 9 nitrogen and oxygen atoms in total. The quantitative estimate of drug-likeness (QED) is 0.137. The van der Waals surface area contributed by atoms with Crippen LogP contribution in [0.2, 0.25) is 0 Å². The number of non-ortho nitro benzene ring substituents is 1. The van der Waals surface area contributed by atoms with Crippen LogP contribution in [0.3, 0.4) is 0 Å². The number of rotatable bonds is 11. The molecule has 0 saturated carbocycles. The number of nitrogens with zero attached hydrogens (tertiary/aromatic N) is 3. The standard InChI is InChI=1S/C30H35N5O4S/c1-22-3-5-23(6-4-22)29(32-24-7-13-28(40-2)14-8-24)19-30(37)31-20-27(36)21-33-15-17-34(18-16-33)25-9-11-26(12-10-25)35(38)39/h3-14,19,27,32,36H,15-18,20-21H2,1-2H3,(H,31,37)/b29-19-. The molecule has 10 heteroatoms. The Kier molecular flexibility index (Phi) is 10.2. The zero-order chi connectivity index (χ0) is 28.5. The van der Waals surface area contributed by atoms with Crippen LogP contribution in [0.15, 0.2) is 83.8 Å². The molecule has 3 N–H and O–H groups in total. The molecule has 1 unspecified atom stereocenters. The molecule has 4 rings (SSSR count). The Morgan fingerprint density at radius 1 is 1.02 bits per heavy atom. The number of hydrogen-bond acceptors (Lipinski definition) is 8. The van der Waals surface area contributed by atoms with Gasteiger partial charge in [0, 0.05) is 73.7 Å². The van der Waals surface area contributed by atoms with E-state index in [1.807, 2.05) is 61.7 Å². The van der Waals surface area contributed by atoms with Gasteiger partial charge >= 0.3 is 0 Å². The van der Waals surface area contributed by atoms with Gasteiger partial charge in [0.05, 0.1) is 16.7 Å². The van der Waals surface area contributed by atoms with E-state index >= 15 is 0 Å². The van der Waals surface area contributed by atoms with E-state index in [1.165, 1.54) is 18.2 Å². The summed E-state index contributed by atoms with van der Waals surface area (Å²) in [4.78, 5) is 28.8. The number of nitro benzene ring substituents is 1. The van der Waals surface area contributed by atoms with Crippen molar-refractivity contribution in [3.63, 3.8) is 0 Å². The molecule has 210 valence electrons. The van der Waals surface area contributed by atoms with Crippen molar-refractivity contribution < 1.29 is 14.8 Å². The Labute approximate surface area is 239 Å². The molecule has 3 aromatic carbocycles. The topological polar surface area (TPSA) is 111 Å². The van der Waals surface area contributed by atoms with Gasteiger partial charge in [0.15, 0.2) is 0 Å². The van der Waals surface area contributed by atoms with Gasteiger partial charge in [-0.25, -0.2) is 0 Å². The third-order valence-electron chi connectivity index (χ3n) is 6.79. The maximum atomic E-state index is 12.8. The fraction of sp³-hybridized carbons (Fsp3) is 0.300. The maximum Gasteiger partial charge on any atom is 0.269 e. The molecule has 0 bridgehead atoms. The van der Waals surface area contributed by atoms with Gasteiger partial charge in [-0.05, 0) is 55.1 Å². The Balaban J connectivity index is 1.29. The molecule has 0 spiro atoms. The molecule has 3 aromatic rings. The number of anilines is 2. The minimum absolute atomic E-state index is 0.0778. The number of benzene rings is 3. The zero-order valence-corrected chi connectivity index (χ0v) is 23.6. The average molecular weight is 562 g/mol. The Morgan fingerprint density at radius 3 is 2.27 bits per heavy atom. The number of nitrogens with one attached hydrogen (secondary N) is 2. The Morgan fingerprint density at radius 2 is 1.68 bits per heavy atom. The van der Waals surface area contributed by atoms with Crippen LogP contribution >= 0.6 is 11.8 Å². The number of aryl methyl sites for hydroxylation is 1. The fourth-order valence-electron chi connectivity index (χ4n) is 4.49. The first-order valence-electron chi connectivity index (χ1n) is 13.2. The van der Waals surface area contributed by atoms with Gasteiger partial charge in [-0.3, -0.25) is 19.8 Å². The summed E-state index contributed by atoms with van der Waals surface area (Å²) in [5.41, 5.74) is 4.60. The number of aliphatic hydroxyl groups excluding tert-OH is 1.